The number of anilines is 1. The van der Waals surface area contributed by atoms with Crippen LogP contribution in [0.5, 0.6) is 5.75 Å². The van der Waals surface area contributed by atoms with Crippen molar-refractivity contribution in [2.45, 2.75) is 18.9 Å². The zero-order chi connectivity index (χ0) is 11.6. The molecule has 2 rings (SSSR count). The van der Waals surface area contributed by atoms with Crippen molar-refractivity contribution in [2.24, 2.45) is 0 Å². The highest BCUT2D eigenvalue weighted by Crippen LogP contribution is 2.32. The highest BCUT2D eigenvalue weighted by atomic mass is 35.5. The van der Waals surface area contributed by atoms with Crippen LogP contribution in [-0.2, 0) is 4.74 Å². The second-order valence-electron chi connectivity index (χ2n) is 4.03. The third kappa shape index (κ3) is 2.20. The normalized spacial score (nSPS) is 24.4. The molecule has 0 aromatic carbocycles. The van der Waals surface area contributed by atoms with Crippen molar-refractivity contribution < 1.29 is 9.47 Å². The van der Waals surface area contributed by atoms with Crippen LogP contribution < -0.4 is 10.1 Å². The Morgan fingerprint density at radius 3 is 3.00 bits per heavy atom. The van der Waals surface area contributed by atoms with Gasteiger partial charge in [0, 0.05) is 6.61 Å². The number of methoxy groups -OCH3 is 1. The Bertz CT molecular complexity index is 380. The molecule has 0 amide bonds. The standard InChI is InChI=1S/C10H14ClN3O2/c1-10(3-4-16-5-10)14-9-7(15-2)8(11)12-6-13-9/h6H,3-5H2,1-2H3,(H,12,13,14). The predicted molar refractivity (Wildman–Crippen MR) is 61.1 cm³/mol. The minimum absolute atomic E-state index is 0.120. The molecule has 88 valence electrons. The molecule has 16 heavy (non-hydrogen) atoms. The van der Waals surface area contributed by atoms with Gasteiger partial charge in [0.05, 0.1) is 19.3 Å². The van der Waals surface area contributed by atoms with Crippen LogP contribution in [0.4, 0.5) is 5.82 Å². The summed E-state index contributed by atoms with van der Waals surface area (Å²) in [5.41, 5.74) is -0.120. The Morgan fingerprint density at radius 1 is 1.56 bits per heavy atom. The lowest BCUT2D eigenvalue weighted by Crippen LogP contribution is -2.35. The maximum Gasteiger partial charge on any atom is 0.198 e. The molecule has 0 bridgehead atoms. The zero-order valence-corrected chi connectivity index (χ0v) is 10.0. The van der Waals surface area contributed by atoms with Crippen molar-refractivity contribution in [3.63, 3.8) is 0 Å². The molecule has 0 saturated carbocycles. The van der Waals surface area contributed by atoms with E-state index in [1.165, 1.54) is 6.33 Å². The maximum atomic E-state index is 5.91. The van der Waals surface area contributed by atoms with Gasteiger partial charge in [0.1, 0.15) is 6.33 Å². The highest BCUT2D eigenvalue weighted by molar-refractivity contribution is 6.31. The molecule has 0 aliphatic carbocycles. The quantitative estimate of drug-likeness (QED) is 0.820. The number of hydrogen-bond acceptors (Lipinski definition) is 5. The Kier molecular flexibility index (Phi) is 3.16. The molecule has 0 spiro atoms. The van der Waals surface area contributed by atoms with Crippen LogP contribution in [0.2, 0.25) is 5.15 Å². The summed E-state index contributed by atoms with van der Waals surface area (Å²) in [6.45, 7) is 3.48. The van der Waals surface area contributed by atoms with Gasteiger partial charge >= 0.3 is 0 Å². The molecule has 0 radical (unpaired) electrons. The van der Waals surface area contributed by atoms with Gasteiger partial charge in [0.2, 0.25) is 0 Å². The van der Waals surface area contributed by atoms with E-state index in [2.05, 4.69) is 22.2 Å². The van der Waals surface area contributed by atoms with Gasteiger partial charge in [-0.2, -0.15) is 0 Å². The van der Waals surface area contributed by atoms with Crippen LogP contribution >= 0.6 is 11.6 Å². The number of nitrogens with one attached hydrogen (secondary N) is 1. The first-order valence-corrected chi connectivity index (χ1v) is 5.43. The molecule has 1 aliphatic rings. The molecule has 1 aromatic rings. The van der Waals surface area contributed by atoms with E-state index >= 15 is 0 Å². The number of halogens is 1. The number of rotatable bonds is 3. The van der Waals surface area contributed by atoms with Crippen LogP contribution in [0.25, 0.3) is 0 Å². The molecule has 6 heteroatoms. The van der Waals surface area contributed by atoms with Crippen LogP contribution in [0.15, 0.2) is 6.33 Å². The van der Waals surface area contributed by atoms with E-state index in [0.717, 1.165) is 13.0 Å². The Balaban J connectivity index is 2.23. The third-order valence-electron chi connectivity index (χ3n) is 2.60. The molecular weight excluding hydrogens is 230 g/mol. The summed E-state index contributed by atoms with van der Waals surface area (Å²) in [5.74, 6) is 1.08. The highest BCUT2D eigenvalue weighted by Gasteiger charge is 2.31. The lowest BCUT2D eigenvalue weighted by Gasteiger charge is -2.25. The number of ether oxygens (including phenoxy) is 2. The molecule has 1 unspecified atom stereocenters. The smallest absolute Gasteiger partial charge is 0.198 e. The summed E-state index contributed by atoms with van der Waals surface area (Å²) >= 11 is 5.91. The van der Waals surface area contributed by atoms with Gasteiger partial charge in [-0.1, -0.05) is 11.6 Å². The number of hydrogen-bond donors (Lipinski definition) is 1. The summed E-state index contributed by atoms with van der Waals surface area (Å²) in [4.78, 5) is 8.00. The average Bonchev–Trinajstić information content (AvgIpc) is 2.65. The van der Waals surface area contributed by atoms with E-state index < -0.39 is 0 Å². The molecule has 1 N–H and O–H groups in total. The fourth-order valence-electron chi connectivity index (χ4n) is 1.67. The molecule has 1 atom stereocenters. The van der Waals surface area contributed by atoms with E-state index in [0.29, 0.717) is 23.3 Å². The summed E-state index contributed by atoms with van der Waals surface area (Å²) in [6.07, 6.45) is 2.34. The minimum atomic E-state index is -0.120. The lowest BCUT2D eigenvalue weighted by molar-refractivity contribution is 0.185. The van der Waals surface area contributed by atoms with Crippen molar-refractivity contribution in [3.8, 4) is 5.75 Å². The fourth-order valence-corrected chi connectivity index (χ4v) is 1.88. The SMILES string of the molecule is COc1c(Cl)ncnc1NC1(C)CCOC1. The van der Waals surface area contributed by atoms with Gasteiger partial charge in [0.15, 0.2) is 16.7 Å². The largest absolute Gasteiger partial charge is 0.490 e. The fraction of sp³-hybridized carbons (Fsp3) is 0.600. The zero-order valence-electron chi connectivity index (χ0n) is 9.29. The van der Waals surface area contributed by atoms with Gasteiger partial charge < -0.3 is 14.8 Å². The molecule has 1 aromatic heterocycles. The van der Waals surface area contributed by atoms with Crippen molar-refractivity contribution in [3.05, 3.63) is 11.5 Å². The Hall–Kier alpha value is -1.07. The molecule has 1 saturated heterocycles. The summed E-state index contributed by atoms with van der Waals surface area (Å²) in [7, 11) is 1.54. The van der Waals surface area contributed by atoms with E-state index in [1.807, 2.05) is 0 Å². The van der Waals surface area contributed by atoms with Crippen molar-refractivity contribution in [2.75, 3.05) is 25.6 Å². The van der Waals surface area contributed by atoms with Crippen molar-refractivity contribution in [1.29, 1.82) is 0 Å². The summed E-state index contributed by atoms with van der Waals surface area (Å²) < 4.78 is 10.5. The van der Waals surface area contributed by atoms with Crippen molar-refractivity contribution >= 4 is 17.4 Å². The first kappa shape index (κ1) is 11.4. The van der Waals surface area contributed by atoms with Gasteiger partial charge in [-0.05, 0) is 13.3 Å². The molecule has 1 aliphatic heterocycles. The predicted octanol–water partition coefficient (Wildman–Crippen LogP) is 1.73. The van der Waals surface area contributed by atoms with Crippen LogP contribution in [0, 0.1) is 0 Å². The Labute approximate surface area is 99.1 Å². The summed E-state index contributed by atoms with van der Waals surface area (Å²) in [5, 5.41) is 3.60. The molecule has 1 fully saturated rings. The topological polar surface area (TPSA) is 56.3 Å². The van der Waals surface area contributed by atoms with E-state index in [9.17, 15) is 0 Å². The first-order valence-electron chi connectivity index (χ1n) is 5.05. The van der Waals surface area contributed by atoms with E-state index in [1.54, 1.807) is 7.11 Å². The minimum Gasteiger partial charge on any atom is -0.490 e. The van der Waals surface area contributed by atoms with Gasteiger partial charge in [-0.15, -0.1) is 0 Å². The Morgan fingerprint density at radius 2 is 2.38 bits per heavy atom. The average molecular weight is 244 g/mol. The van der Waals surface area contributed by atoms with Gasteiger partial charge in [0.25, 0.3) is 0 Å². The first-order chi connectivity index (χ1) is 7.64. The summed E-state index contributed by atoms with van der Waals surface area (Å²) in [6, 6.07) is 0. The monoisotopic (exact) mass is 243 g/mol. The van der Waals surface area contributed by atoms with Crippen LogP contribution in [0.1, 0.15) is 13.3 Å². The van der Waals surface area contributed by atoms with Gasteiger partial charge in [-0.3, -0.25) is 0 Å². The number of nitrogens with zero attached hydrogens (tertiary/aromatic N) is 2. The van der Waals surface area contributed by atoms with Crippen LogP contribution in [0.3, 0.4) is 0 Å². The second-order valence-corrected chi connectivity index (χ2v) is 4.39. The molecule has 5 nitrogen and oxygen atoms in total. The van der Waals surface area contributed by atoms with E-state index in [-0.39, 0.29) is 5.54 Å². The molecular formula is C10H14ClN3O2. The third-order valence-corrected chi connectivity index (χ3v) is 2.87. The molecule has 2 heterocycles. The van der Waals surface area contributed by atoms with E-state index in [4.69, 9.17) is 21.1 Å². The number of aromatic nitrogens is 2. The van der Waals surface area contributed by atoms with Crippen molar-refractivity contribution in [1.82, 2.24) is 9.97 Å². The lowest BCUT2D eigenvalue weighted by atomic mass is 10.0. The van der Waals surface area contributed by atoms with Gasteiger partial charge in [-0.25, -0.2) is 9.97 Å². The maximum absolute atomic E-state index is 5.91. The van der Waals surface area contributed by atoms with Crippen LogP contribution in [-0.4, -0.2) is 35.8 Å². The second kappa shape index (κ2) is 4.43.